The zero-order chi connectivity index (χ0) is 23.2. The molecule has 2 aromatic carbocycles. The third-order valence-electron chi connectivity index (χ3n) is 4.82. The number of rotatable bonds is 8. The second kappa shape index (κ2) is 10.2. The molecule has 0 spiro atoms. The van der Waals surface area contributed by atoms with Crippen LogP contribution in [0.5, 0.6) is 0 Å². The van der Waals surface area contributed by atoms with E-state index in [2.05, 4.69) is 10.3 Å². The summed E-state index contributed by atoms with van der Waals surface area (Å²) < 4.78 is 24.0. The van der Waals surface area contributed by atoms with E-state index >= 15 is 0 Å². The Morgan fingerprint density at radius 1 is 1.09 bits per heavy atom. The molecule has 0 aliphatic rings. The first kappa shape index (κ1) is 22.3. The van der Waals surface area contributed by atoms with E-state index in [0.29, 0.717) is 33.6 Å². The van der Waals surface area contributed by atoms with Gasteiger partial charge >= 0.3 is 0 Å². The lowest BCUT2D eigenvalue weighted by Crippen LogP contribution is -2.31. The largest absolute Gasteiger partial charge is 0.467 e. The summed E-state index contributed by atoms with van der Waals surface area (Å²) in [5, 5.41) is 3.11. The number of benzene rings is 2. The Kier molecular flexibility index (Phi) is 6.89. The van der Waals surface area contributed by atoms with E-state index < -0.39 is 0 Å². The Labute approximate surface area is 193 Å². The average Bonchev–Trinajstić information content (AvgIpc) is 3.53. The Morgan fingerprint density at radius 3 is 2.64 bits per heavy atom. The van der Waals surface area contributed by atoms with Crippen molar-refractivity contribution >= 4 is 29.3 Å². The molecule has 2 heterocycles. The van der Waals surface area contributed by atoms with Gasteiger partial charge in [-0.3, -0.25) is 9.59 Å². The van der Waals surface area contributed by atoms with Crippen LogP contribution in [0.2, 0.25) is 0 Å². The molecule has 0 fully saturated rings. The molecule has 0 atom stereocenters. The van der Waals surface area contributed by atoms with Crippen LogP contribution >= 0.6 is 11.8 Å². The highest BCUT2D eigenvalue weighted by Gasteiger charge is 2.19. The van der Waals surface area contributed by atoms with Crippen molar-refractivity contribution in [3.8, 4) is 11.3 Å². The molecule has 2 amide bonds. The van der Waals surface area contributed by atoms with Crippen LogP contribution in [0.25, 0.3) is 11.3 Å². The molecular weight excluding hydrogens is 445 g/mol. The fraction of sp³-hybridized carbons (Fsp3) is 0.125. The van der Waals surface area contributed by atoms with E-state index in [4.69, 9.17) is 8.83 Å². The highest BCUT2D eigenvalue weighted by atomic mass is 32.2. The number of halogens is 1. The first-order chi connectivity index (χ1) is 16.0. The van der Waals surface area contributed by atoms with Crippen LogP contribution in [-0.4, -0.2) is 29.6 Å². The van der Waals surface area contributed by atoms with E-state index in [0.717, 1.165) is 11.8 Å². The predicted octanol–water partition coefficient (Wildman–Crippen LogP) is 4.76. The Balaban J connectivity index is 1.38. The van der Waals surface area contributed by atoms with Crippen LogP contribution < -0.4 is 10.2 Å². The van der Waals surface area contributed by atoms with Crippen molar-refractivity contribution in [2.24, 2.45) is 0 Å². The lowest BCUT2D eigenvalue weighted by atomic mass is 10.1. The molecule has 0 unspecified atom stereocenters. The SMILES string of the molecule is CN(C(=O)CSc1ncc(-c2ccc(F)cc2)o1)c1ccccc1C(=O)NCc1ccco1. The number of nitrogens with zero attached hydrogens (tertiary/aromatic N) is 2. The number of carbonyl (C=O) groups is 2. The van der Waals surface area contributed by atoms with E-state index in [1.54, 1.807) is 55.6 Å². The maximum absolute atomic E-state index is 13.1. The fourth-order valence-electron chi connectivity index (χ4n) is 3.06. The quantitative estimate of drug-likeness (QED) is 0.378. The van der Waals surface area contributed by atoms with Crippen molar-refractivity contribution in [2.45, 2.75) is 11.8 Å². The molecule has 2 aromatic heterocycles. The van der Waals surface area contributed by atoms with Crippen molar-refractivity contribution < 1.29 is 22.8 Å². The minimum absolute atomic E-state index is 0.0578. The lowest BCUT2D eigenvalue weighted by Gasteiger charge is -2.20. The standard InChI is InChI=1S/C24H20FN3O4S/c1-28(20-7-3-2-6-19(20)23(30)26-13-18-5-4-12-31-18)22(29)15-33-24-27-14-21(32-24)16-8-10-17(25)11-9-16/h2-12,14H,13,15H2,1H3,(H,26,30). The van der Waals surface area contributed by atoms with Crippen LogP contribution in [0.4, 0.5) is 10.1 Å². The van der Waals surface area contributed by atoms with Crippen molar-refractivity contribution in [2.75, 3.05) is 17.7 Å². The molecule has 0 saturated heterocycles. The number of nitrogens with one attached hydrogen (secondary N) is 1. The Bertz CT molecular complexity index is 1240. The summed E-state index contributed by atoms with van der Waals surface area (Å²) in [6.45, 7) is 0.244. The van der Waals surface area contributed by atoms with E-state index in [1.165, 1.54) is 29.5 Å². The van der Waals surface area contributed by atoms with Gasteiger partial charge in [0.2, 0.25) is 5.91 Å². The molecule has 7 nitrogen and oxygen atoms in total. The zero-order valence-electron chi connectivity index (χ0n) is 17.7. The van der Waals surface area contributed by atoms with Gasteiger partial charge in [-0.15, -0.1) is 0 Å². The van der Waals surface area contributed by atoms with Gasteiger partial charge in [0.05, 0.1) is 36.0 Å². The summed E-state index contributed by atoms with van der Waals surface area (Å²) in [5.74, 6) is 0.294. The van der Waals surface area contributed by atoms with Crippen LogP contribution in [-0.2, 0) is 11.3 Å². The molecule has 0 aliphatic carbocycles. The number of furan rings is 1. The van der Waals surface area contributed by atoms with Crippen LogP contribution in [0.3, 0.4) is 0 Å². The van der Waals surface area contributed by atoms with Crippen molar-refractivity contribution in [3.63, 3.8) is 0 Å². The summed E-state index contributed by atoms with van der Waals surface area (Å²) in [6, 6.07) is 16.2. The van der Waals surface area contributed by atoms with Gasteiger partial charge in [-0.25, -0.2) is 9.37 Å². The van der Waals surface area contributed by atoms with Crippen LogP contribution in [0.1, 0.15) is 16.1 Å². The van der Waals surface area contributed by atoms with Gasteiger partial charge in [0.25, 0.3) is 11.1 Å². The lowest BCUT2D eigenvalue weighted by molar-refractivity contribution is -0.115. The predicted molar refractivity (Wildman–Crippen MR) is 122 cm³/mol. The third kappa shape index (κ3) is 5.50. The van der Waals surface area contributed by atoms with Gasteiger partial charge in [0, 0.05) is 12.6 Å². The van der Waals surface area contributed by atoms with Crippen molar-refractivity contribution in [1.82, 2.24) is 10.3 Å². The molecule has 0 saturated carbocycles. The molecule has 168 valence electrons. The fourth-order valence-corrected chi connectivity index (χ4v) is 3.78. The van der Waals surface area contributed by atoms with Crippen LogP contribution in [0.15, 0.2) is 87.2 Å². The van der Waals surface area contributed by atoms with Gasteiger partial charge in [-0.05, 0) is 48.5 Å². The molecule has 4 aromatic rings. The van der Waals surface area contributed by atoms with Gasteiger partial charge in [0.15, 0.2) is 5.76 Å². The smallest absolute Gasteiger partial charge is 0.256 e. The number of hydrogen-bond donors (Lipinski definition) is 1. The van der Waals surface area contributed by atoms with E-state index in [1.807, 2.05) is 0 Å². The molecular formula is C24H20FN3O4S. The number of aromatic nitrogens is 1. The van der Waals surface area contributed by atoms with Gasteiger partial charge < -0.3 is 19.1 Å². The molecule has 33 heavy (non-hydrogen) atoms. The Hall–Kier alpha value is -3.85. The van der Waals surface area contributed by atoms with Crippen LogP contribution in [0, 0.1) is 5.82 Å². The minimum atomic E-state index is -0.337. The van der Waals surface area contributed by atoms with E-state index in [9.17, 15) is 14.0 Å². The number of anilines is 1. The molecule has 4 rings (SSSR count). The second-order valence-corrected chi connectivity index (χ2v) is 7.94. The summed E-state index contributed by atoms with van der Waals surface area (Å²) in [6.07, 6.45) is 3.07. The molecule has 0 radical (unpaired) electrons. The molecule has 0 aliphatic heterocycles. The minimum Gasteiger partial charge on any atom is -0.467 e. The molecule has 0 bridgehead atoms. The topological polar surface area (TPSA) is 88.6 Å². The maximum Gasteiger partial charge on any atom is 0.256 e. The van der Waals surface area contributed by atoms with Gasteiger partial charge in [-0.1, -0.05) is 23.9 Å². The van der Waals surface area contributed by atoms with Gasteiger partial charge in [-0.2, -0.15) is 0 Å². The number of thioether (sulfide) groups is 1. The second-order valence-electron chi connectivity index (χ2n) is 7.02. The van der Waals surface area contributed by atoms with Crippen molar-refractivity contribution in [3.05, 3.63) is 90.3 Å². The number of carbonyl (C=O) groups excluding carboxylic acids is 2. The van der Waals surface area contributed by atoms with Crippen molar-refractivity contribution in [1.29, 1.82) is 0 Å². The number of oxazole rings is 1. The number of hydrogen-bond acceptors (Lipinski definition) is 6. The summed E-state index contributed by atoms with van der Waals surface area (Å²) >= 11 is 1.14. The summed E-state index contributed by atoms with van der Waals surface area (Å²) in [7, 11) is 1.61. The first-order valence-corrected chi connectivity index (χ1v) is 11.0. The Morgan fingerprint density at radius 2 is 1.88 bits per heavy atom. The third-order valence-corrected chi connectivity index (χ3v) is 5.65. The first-order valence-electron chi connectivity index (χ1n) is 10.0. The molecule has 1 N–H and O–H groups in total. The monoisotopic (exact) mass is 465 g/mol. The summed E-state index contributed by atoms with van der Waals surface area (Å²) in [4.78, 5) is 31.1. The highest BCUT2D eigenvalue weighted by molar-refractivity contribution is 7.99. The molecule has 9 heteroatoms. The number of amides is 2. The number of para-hydroxylation sites is 1. The summed E-state index contributed by atoms with van der Waals surface area (Å²) in [5.41, 5.74) is 1.55. The van der Waals surface area contributed by atoms with E-state index in [-0.39, 0.29) is 29.9 Å². The average molecular weight is 466 g/mol. The van der Waals surface area contributed by atoms with Gasteiger partial charge in [0.1, 0.15) is 11.6 Å². The maximum atomic E-state index is 13.1. The zero-order valence-corrected chi connectivity index (χ0v) is 18.5. The normalized spacial score (nSPS) is 10.7. The highest BCUT2D eigenvalue weighted by Crippen LogP contribution is 2.27.